The van der Waals surface area contributed by atoms with Gasteiger partial charge in [-0.1, -0.05) is 153 Å². The van der Waals surface area contributed by atoms with E-state index < -0.39 is 7.15 Å². The lowest BCUT2D eigenvalue weighted by Gasteiger charge is -2.09. The molecule has 8 aromatic carbocycles. The van der Waals surface area contributed by atoms with Crippen LogP contribution in [0.1, 0.15) is 18.1 Å². The average Bonchev–Trinajstić information content (AvgIpc) is 3.70. The average molecular weight is 795 g/mol. The number of aryl methyl sites for hydroxylation is 1. The highest BCUT2D eigenvalue weighted by Crippen LogP contribution is 2.38. The summed E-state index contributed by atoms with van der Waals surface area (Å²) in [7, 11) is -1.00. The van der Waals surface area contributed by atoms with Crippen molar-refractivity contribution in [2.75, 3.05) is 7.15 Å². The van der Waals surface area contributed by atoms with E-state index in [-0.39, 0.29) is 0 Å². The van der Waals surface area contributed by atoms with Crippen LogP contribution in [0.5, 0.6) is 0 Å². The predicted octanol–water partition coefficient (Wildman–Crippen LogP) is 14.5. The minimum atomic E-state index is -1.00. The van der Waals surface area contributed by atoms with Gasteiger partial charge in [0.1, 0.15) is 0 Å². The summed E-state index contributed by atoms with van der Waals surface area (Å²) in [5.41, 5.74) is 10.7. The van der Waals surface area contributed by atoms with Crippen molar-refractivity contribution in [3.05, 3.63) is 195 Å². The molecule has 0 spiro atoms. The summed E-state index contributed by atoms with van der Waals surface area (Å²) in [6, 6.07) is 60.4. The van der Waals surface area contributed by atoms with Gasteiger partial charge in [0.05, 0.1) is 19.6 Å². The zero-order valence-corrected chi connectivity index (χ0v) is 31.3. The number of hydrogen-bond acceptors (Lipinski definition) is 0. The largest absolute Gasteiger partial charge is 0.309 e. The molecule has 0 saturated carbocycles. The molecular weight excluding hydrogens is 757 g/mol. The molecule has 1 aliphatic carbocycles. The molecule has 0 bridgehead atoms. The Morgan fingerprint density at radius 1 is 0.510 bits per heavy atom. The van der Waals surface area contributed by atoms with Crippen LogP contribution < -0.4 is 0 Å². The number of para-hydroxylation sites is 1. The van der Waals surface area contributed by atoms with Crippen molar-refractivity contribution < 1.29 is 5.76 Å². The molecule has 1 aliphatic rings. The van der Waals surface area contributed by atoms with E-state index in [1.807, 2.05) is 0 Å². The van der Waals surface area contributed by atoms with E-state index in [1.54, 1.807) is 0 Å². The molecule has 1 heterocycles. The summed E-state index contributed by atoms with van der Waals surface area (Å²) in [5, 5.41) is 7.74. The second-order valence-corrected chi connectivity index (χ2v) is 14.4. The topological polar surface area (TPSA) is 4.93 Å². The van der Waals surface area contributed by atoms with Gasteiger partial charge < -0.3 is 4.57 Å². The standard InChI is InChI=1S/C23H17N.C13H9Br.C10H7Br.CH3F/c1-16-10-13-23-21(14-16)20-8-4-5-9-22(20)24(23)19-12-11-17-6-2-3-7-18(17)15-19;14-11-6-5-10-7-9-3-1-2-4-12(9)13(10)8-11;11-10-6-5-8-3-1-2-4-9(8)7-10;1-2/h2-15H,1H3;1-6,8H,7H2;1-7H;1H3/i;;;1D. The highest BCUT2D eigenvalue weighted by molar-refractivity contribution is 9.10. The number of aromatic nitrogens is 1. The van der Waals surface area contributed by atoms with E-state index in [0.717, 1.165) is 15.4 Å². The van der Waals surface area contributed by atoms with Crippen LogP contribution in [0.4, 0.5) is 4.39 Å². The first kappa shape index (κ1) is 33.1. The number of benzene rings is 8. The zero-order valence-electron chi connectivity index (χ0n) is 29.2. The molecule has 1 nitrogen and oxygen atoms in total. The van der Waals surface area contributed by atoms with Gasteiger partial charge in [-0.2, -0.15) is 0 Å². The normalized spacial score (nSPS) is 11.4. The minimum absolute atomic E-state index is 1.00. The van der Waals surface area contributed by atoms with E-state index in [9.17, 15) is 4.39 Å². The molecule has 0 saturated heterocycles. The monoisotopic (exact) mass is 792 g/mol. The lowest BCUT2D eigenvalue weighted by Crippen LogP contribution is -1.93. The van der Waals surface area contributed by atoms with Crippen LogP contribution >= 0.6 is 31.9 Å². The van der Waals surface area contributed by atoms with Gasteiger partial charge >= 0.3 is 0 Å². The molecule has 0 N–H and O–H groups in total. The first-order valence-corrected chi connectivity index (χ1v) is 18.4. The van der Waals surface area contributed by atoms with Crippen LogP contribution in [0.25, 0.3) is 60.2 Å². The van der Waals surface area contributed by atoms with Crippen LogP contribution in [0.2, 0.25) is 0 Å². The van der Waals surface area contributed by atoms with Gasteiger partial charge in [0.2, 0.25) is 0 Å². The van der Waals surface area contributed by atoms with Crippen molar-refractivity contribution in [1.29, 1.82) is 0 Å². The summed E-state index contributed by atoms with van der Waals surface area (Å²) in [6.07, 6.45) is 1.08. The van der Waals surface area contributed by atoms with Crippen LogP contribution in [0.3, 0.4) is 0 Å². The maximum atomic E-state index is 9.96. The molecule has 0 amide bonds. The molecule has 0 radical (unpaired) electrons. The fourth-order valence-corrected chi connectivity index (χ4v) is 7.68. The van der Waals surface area contributed by atoms with Crippen molar-refractivity contribution in [2.45, 2.75) is 13.3 Å². The maximum Gasteiger partial charge on any atom is 0.0785 e. The lowest BCUT2D eigenvalue weighted by atomic mass is 10.1. The Hall–Kier alpha value is -5.03. The summed E-state index contributed by atoms with van der Waals surface area (Å²) >= 11 is 6.95. The predicted molar refractivity (Wildman–Crippen MR) is 224 cm³/mol. The Morgan fingerprint density at radius 2 is 1.08 bits per heavy atom. The number of rotatable bonds is 1. The molecule has 0 atom stereocenters. The van der Waals surface area contributed by atoms with Gasteiger partial charge in [0, 0.05) is 25.4 Å². The van der Waals surface area contributed by atoms with Crippen molar-refractivity contribution in [2.24, 2.45) is 0 Å². The number of hydrogen-bond donors (Lipinski definition) is 0. The van der Waals surface area contributed by atoms with E-state index in [1.165, 1.54) is 76.9 Å². The van der Waals surface area contributed by atoms with E-state index >= 15 is 0 Å². The lowest BCUT2D eigenvalue weighted by molar-refractivity contribution is 0.636. The minimum Gasteiger partial charge on any atom is -0.309 e. The van der Waals surface area contributed by atoms with E-state index in [0.29, 0.717) is 0 Å². The van der Waals surface area contributed by atoms with Gasteiger partial charge in [-0.05, 0) is 112 Å². The number of halogens is 3. The number of nitrogens with zero attached hydrogens (tertiary/aromatic N) is 1. The Kier molecular flexibility index (Phi) is 10.0. The zero-order chi connectivity index (χ0) is 36.0. The molecule has 1 aromatic heterocycles. The Bertz CT molecular complexity index is 2660. The van der Waals surface area contributed by atoms with Gasteiger partial charge in [-0.3, -0.25) is 4.39 Å². The second kappa shape index (κ2) is 15.5. The molecule has 250 valence electrons. The summed E-state index contributed by atoms with van der Waals surface area (Å²) < 4.78 is 20.2. The maximum absolute atomic E-state index is 9.96. The third-order valence-electron chi connectivity index (χ3n) is 9.29. The highest BCUT2D eigenvalue weighted by Gasteiger charge is 2.17. The van der Waals surface area contributed by atoms with Crippen molar-refractivity contribution >= 4 is 75.2 Å². The van der Waals surface area contributed by atoms with Gasteiger partial charge in [-0.15, -0.1) is 0 Å². The second-order valence-electron chi connectivity index (χ2n) is 12.5. The van der Waals surface area contributed by atoms with E-state index in [4.69, 9.17) is 1.37 Å². The number of alkyl halides is 1. The van der Waals surface area contributed by atoms with Crippen molar-refractivity contribution in [3.8, 4) is 16.8 Å². The molecule has 51 heavy (non-hydrogen) atoms. The quantitative estimate of drug-likeness (QED) is 0.156. The van der Waals surface area contributed by atoms with Crippen LogP contribution in [0, 0.1) is 6.92 Å². The fraction of sp³-hybridized carbons (Fsp3) is 0.0638. The van der Waals surface area contributed by atoms with Gasteiger partial charge in [-0.25, -0.2) is 0 Å². The van der Waals surface area contributed by atoms with Crippen LogP contribution in [-0.4, -0.2) is 11.7 Å². The first-order chi connectivity index (χ1) is 25.4. The molecule has 4 heteroatoms. The van der Waals surface area contributed by atoms with Gasteiger partial charge in [0.25, 0.3) is 0 Å². The Balaban J connectivity index is 0.000000127. The number of fused-ring (bicyclic) bond motifs is 8. The van der Waals surface area contributed by atoms with Crippen LogP contribution in [0.15, 0.2) is 179 Å². The Labute approximate surface area is 316 Å². The molecular formula is C47H36Br2FN. The molecule has 0 unspecified atom stereocenters. The Morgan fingerprint density at radius 3 is 1.86 bits per heavy atom. The highest BCUT2D eigenvalue weighted by atomic mass is 79.9. The molecule has 0 aliphatic heterocycles. The smallest absolute Gasteiger partial charge is 0.0785 e. The first-order valence-electron chi connectivity index (χ1n) is 17.5. The third-order valence-corrected chi connectivity index (χ3v) is 10.3. The van der Waals surface area contributed by atoms with E-state index in [2.05, 4.69) is 213 Å². The molecule has 0 fully saturated rings. The summed E-state index contributed by atoms with van der Waals surface area (Å²) in [6.45, 7) is 2.15. The third kappa shape index (κ3) is 7.26. The summed E-state index contributed by atoms with van der Waals surface area (Å²) in [4.78, 5) is 0. The summed E-state index contributed by atoms with van der Waals surface area (Å²) in [5.74, 6) is 0. The molecule has 9 aromatic rings. The molecule has 10 rings (SSSR count). The van der Waals surface area contributed by atoms with Gasteiger partial charge in [0.15, 0.2) is 0 Å². The SMILES string of the molecule is Brc1ccc2c(c1)-c1ccccc1C2.Brc1ccc2ccccc2c1.Cc1ccc2c(c1)c1ccccc1n2-c1ccc2ccccc2c1.[2H]CF. The fourth-order valence-electron chi connectivity index (χ4n) is 6.94. The van der Waals surface area contributed by atoms with Crippen molar-refractivity contribution in [1.82, 2.24) is 4.57 Å². The van der Waals surface area contributed by atoms with Crippen molar-refractivity contribution in [3.63, 3.8) is 0 Å². The van der Waals surface area contributed by atoms with Crippen LogP contribution in [-0.2, 0) is 6.42 Å².